The highest BCUT2D eigenvalue weighted by atomic mass is 32.2. The molecule has 0 spiro atoms. The van der Waals surface area contributed by atoms with E-state index >= 15 is 0 Å². The van der Waals surface area contributed by atoms with Gasteiger partial charge in [0.1, 0.15) is 17.8 Å². The van der Waals surface area contributed by atoms with Gasteiger partial charge < -0.3 is 19.5 Å². The molecule has 9 heteroatoms. The predicted molar refractivity (Wildman–Crippen MR) is 129 cm³/mol. The summed E-state index contributed by atoms with van der Waals surface area (Å²) in [5.41, 5.74) is 1.05. The molecule has 0 aromatic heterocycles. The first kappa shape index (κ1) is 27.0. The van der Waals surface area contributed by atoms with E-state index in [-0.39, 0.29) is 12.5 Å². The highest BCUT2D eigenvalue weighted by molar-refractivity contribution is 7.99. The molecule has 1 saturated heterocycles. The summed E-state index contributed by atoms with van der Waals surface area (Å²) in [5.74, 6) is 0.145. The van der Waals surface area contributed by atoms with Crippen molar-refractivity contribution in [2.45, 2.75) is 64.6 Å². The summed E-state index contributed by atoms with van der Waals surface area (Å²) in [4.78, 5) is 38.5. The second-order valence-electron chi connectivity index (χ2n) is 8.04. The first-order valence-electron chi connectivity index (χ1n) is 11.6. The molecular formula is C24H36N2O6S. The highest BCUT2D eigenvalue weighted by Crippen LogP contribution is 2.19. The Labute approximate surface area is 200 Å². The Balaban J connectivity index is 1.98. The number of hydrogen-bond donors (Lipinski definition) is 2. The lowest BCUT2D eigenvalue weighted by atomic mass is 10.0. The van der Waals surface area contributed by atoms with E-state index in [9.17, 15) is 19.5 Å². The van der Waals surface area contributed by atoms with E-state index in [0.29, 0.717) is 37.5 Å². The van der Waals surface area contributed by atoms with Gasteiger partial charge in [0, 0.05) is 18.1 Å². The molecule has 1 fully saturated rings. The van der Waals surface area contributed by atoms with Crippen LogP contribution < -0.4 is 10.1 Å². The molecule has 2 unspecified atom stereocenters. The minimum absolute atomic E-state index is 0.244. The molecule has 33 heavy (non-hydrogen) atoms. The quantitative estimate of drug-likeness (QED) is 0.328. The number of esters is 1. The van der Waals surface area contributed by atoms with Gasteiger partial charge in [-0.15, -0.1) is 0 Å². The number of unbranched alkanes of at least 4 members (excludes halogenated alkanes) is 1. The second-order valence-corrected chi connectivity index (χ2v) is 9.19. The van der Waals surface area contributed by atoms with Crippen LogP contribution in [0.1, 0.15) is 45.6 Å². The number of carbonyl (C=O) groups is 3. The van der Waals surface area contributed by atoms with Gasteiger partial charge >= 0.3 is 11.9 Å². The van der Waals surface area contributed by atoms with E-state index in [1.807, 2.05) is 24.3 Å². The Kier molecular flexibility index (Phi) is 11.5. The van der Waals surface area contributed by atoms with Crippen LogP contribution in [0.15, 0.2) is 24.3 Å². The third-order valence-corrected chi connectivity index (χ3v) is 6.52. The van der Waals surface area contributed by atoms with Crippen molar-refractivity contribution in [1.29, 1.82) is 0 Å². The molecule has 1 aliphatic heterocycles. The molecule has 0 bridgehead atoms. The number of nitrogens with zero attached hydrogens (tertiary/aromatic N) is 1. The van der Waals surface area contributed by atoms with E-state index < -0.39 is 30.1 Å². The van der Waals surface area contributed by atoms with Gasteiger partial charge in [0.15, 0.2) is 0 Å². The van der Waals surface area contributed by atoms with Gasteiger partial charge in [-0.25, -0.2) is 4.79 Å². The van der Waals surface area contributed by atoms with Crippen molar-refractivity contribution in [3.63, 3.8) is 0 Å². The monoisotopic (exact) mass is 480 g/mol. The van der Waals surface area contributed by atoms with E-state index in [2.05, 4.69) is 12.2 Å². The number of amides is 1. The van der Waals surface area contributed by atoms with Crippen LogP contribution >= 0.6 is 11.8 Å². The van der Waals surface area contributed by atoms with Crippen LogP contribution in [0.25, 0.3) is 0 Å². The summed E-state index contributed by atoms with van der Waals surface area (Å²) in [6.45, 7) is 6.83. The number of aliphatic carboxylic acids is 1. The zero-order valence-corrected chi connectivity index (χ0v) is 20.6. The average molecular weight is 481 g/mol. The summed E-state index contributed by atoms with van der Waals surface area (Å²) in [5, 5.41) is 12.5. The fourth-order valence-electron chi connectivity index (χ4n) is 3.60. The summed E-state index contributed by atoms with van der Waals surface area (Å²) >= 11 is 1.52. The number of aryl methyl sites for hydroxylation is 1. The minimum Gasteiger partial charge on any atom is -0.494 e. The number of carbonyl (C=O) groups excluding carboxylic acids is 2. The number of benzene rings is 1. The summed E-state index contributed by atoms with van der Waals surface area (Å²) in [6.07, 6.45) is 3.15. The van der Waals surface area contributed by atoms with Gasteiger partial charge in [-0.3, -0.25) is 14.9 Å². The van der Waals surface area contributed by atoms with Gasteiger partial charge in [-0.1, -0.05) is 25.5 Å². The van der Waals surface area contributed by atoms with E-state index in [1.54, 1.807) is 13.8 Å². The average Bonchev–Trinajstić information content (AvgIpc) is 2.82. The van der Waals surface area contributed by atoms with E-state index in [4.69, 9.17) is 9.47 Å². The van der Waals surface area contributed by atoms with Crippen LogP contribution in [0, 0.1) is 0 Å². The fourth-order valence-corrected chi connectivity index (χ4v) is 4.64. The lowest BCUT2D eigenvalue weighted by molar-refractivity contribution is -0.151. The number of carboxylic acid groups (broad SMARTS) is 1. The van der Waals surface area contributed by atoms with Gasteiger partial charge in [0.2, 0.25) is 5.91 Å². The van der Waals surface area contributed by atoms with Crippen LogP contribution in [-0.4, -0.2) is 77.2 Å². The molecule has 184 valence electrons. The first-order valence-corrected chi connectivity index (χ1v) is 12.8. The van der Waals surface area contributed by atoms with Crippen molar-refractivity contribution >= 4 is 29.6 Å². The Hall–Kier alpha value is -2.26. The maximum atomic E-state index is 13.0. The summed E-state index contributed by atoms with van der Waals surface area (Å²) in [6, 6.07) is 5.56. The molecule has 1 amide bonds. The Morgan fingerprint density at radius 2 is 1.97 bits per heavy atom. The van der Waals surface area contributed by atoms with Crippen LogP contribution in [-0.2, 0) is 25.5 Å². The van der Waals surface area contributed by atoms with Crippen molar-refractivity contribution in [3.8, 4) is 5.75 Å². The van der Waals surface area contributed by atoms with Gasteiger partial charge in [-0.2, -0.15) is 11.8 Å². The number of thioether (sulfide) groups is 1. The molecule has 1 heterocycles. The van der Waals surface area contributed by atoms with Crippen molar-refractivity contribution in [2.75, 3.05) is 31.3 Å². The largest absolute Gasteiger partial charge is 0.494 e. The Morgan fingerprint density at radius 1 is 1.24 bits per heavy atom. The van der Waals surface area contributed by atoms with Crippen LogP contribution in [0.5, 0.6) is 5.75 Å². The van der Waals surface area contributed by atoms with E-state index in [0.717, 1.165) is 24.2 Å². The minimum atomic E-state index is -1.01. The lowest BCUT2D eigenvalue weighted by Gasteiger charge is -2.35. The lowest BCUT2D eigenvalue weighted by Crippen LogP contribution is -2.57. The zero-order valence-electron chi connectivity index (χ0n) is 19.7. The third kappa shape index (κ3) is 8.55. The van der Waals surface area contributed by atoms with Crippen molar-refractivity contribution in [3.05, 3.63) is 29.8 Å². The maximum absolute atomic E-state index is 13.0. The summed E-state index contributed by atoms with van der Waals surface area (Å²) < 4.78 is 10.9. The SMILES string of the molecule is CCCCOc1ccc(CCC(N[C@@H](C)C(=O)N2CCSCC2C(=O)O)C(=O)OCC)cc1. The zero-order chi connectivity index (χ0) is 24.2. The molecule has 0 saturated carbocycles. The van der Waals surface area contributed by atoms with Gasteiger partial charge in [0.25, 0.3) is 0 Å². The van der Waals surface area contributed by atoms with Gasteiger partial charge in [0.05, 0.1) is 19.3 Å². The second kappa shape index (κ2) is 14.1. The van der Waals surface area contributed by atoms with Gasteiger partial charge in [-0.05, 0) is 50.8 Å². The van der Waals surface area contributed by atoms with E-state index in [1.165, 1.54) is 16.7 Å². The molecule has 1 aromatic carbocycles. The van der Waals surface area contributed by atoms with Crippen LogP contribution in [0.4, 0.5) is 0 Å². The number of nitrogens with one attached hydrogen (secondary N) is 1. The van der Waals surface area contributed by atoms with Crippen molar-refractivity contribution in [2.24, 2.45) is 0 Å². The summed E-state index contributed by atoms with van der Waals surface area (Å²) in [7, 11) is 0. The van der Waals surface area contributed by atoms with Crippen molar-refractivity contribution < 1.29 is 29.0 Å². The molecular weight excluding hydrogens is 444 g/mol. The molecule has 0 radical (unpaired) electrons. The molecule has 1 aromatic rings. The fraction of sp³-hybridized carbons (Fsp3) is 0.625. The highest BCUT2D eigenvalue weighted by Gasteiger charge is 2.35. The molecule has 3 atom stereocenters. The molecule has 0 aliphatic carbocycles. The molecule has 8 nitrogen and oxygen atoms in total. The maximum Gasteiger partial charge on any atom is 0.327 e. The standard InChI is InChI=1S/C24H36N2O6S/c1-4-6-14-32-19-10-7-18(8-11-19)9-12-20(24(30)31-5-2)25-17(3)22(27)26-13-15-33-16-21(26)23(28)29/h7-8,10-11,17,20-21,25H,4-6,9,12-16H2,1-3H3,(H,28,29)/t17-,20?,21?/m0/s1. The normalized spacial score (nSPS) is 17.8. The first-order chi connectivity index (χ1) is 15.9. The smallest absolute Gasteiger partial charge is 0.327 e. The number of carboxylic acids is 1. The number of hydrogen-bond acceptors (Lipinski definition) is 7. The predicted octanol–water partition coefficient (Wildman–Crippen LogP) is 2.74. The van der Waals surface area contributed by atoms with Crippen LogP contribution in [0.3, 0.4) is 0 Å². The number of rotatable bonds is 13. The molecule has 2 rings (SSSR count). The van der Waals surface area contributed by atoms with Crippen molar-refractivity contribution in [1.82, 2.24) is 10.2 Å². The molecule has 2 N–H and O–H groups in total. The third-order valence-electron chi connectivity index (χ3n) is 5.50. The number of ether oxygens (including phenoxy) is 2. The molecule has 1 aliphatic rings. The topological polar surface area (TPSA) is 105 Å². The van der Waals surface area contributed by atoms with Crippen LogP contribution in [0.2, 0.25) is 0 Å². The Bertz CT molecular complexity index is 773. The Morgan fingerprint density at radius 3 is 2.61 bits per heavy atom.